The molecule has 0 atom stereocenters. The number of ether oxygens (including phenoxy) is 1. The van der Waals surface area contributed by atoms with Crippen LogP contribution in [0.2, 0.25) is 6.82 Å². The molecule has 1 aromatic carbocycles. The lowest BCUT2D eigenvalue weighted by atomic mass is 9.64. The smallest absolute Gasteiger partial charge is 0.324 e. The summed E-state index contributed by atoms with van der Waals surface area (Å²) in [4.78, 5) is 7.28. The summed E-state index contributed by atoms with van der Waals surface area (Å²) in [5.74, 6) is 0.999. The number of pyridine rings is 1. The van der Waals surface area contributed by atoms with E-state index >= 15 is 0 Å². The number of nitriles is 1. The molecule has 0 bridgehead atoms. The number of aromatic nitrogens is 1. The van der Waals surface area contributed by atoms with Crippen molar-refractivity contribution >= 4 is 18.2 Å². The van der Waals surface area contributed by atoms with Gasteiger partial charge in [-0.05, 0) is 29.2 Å². The van der Waals surface area contributed by atoms with Crippen molar-refractivity contribution in [3.8, 4) is 17.7 Å². The minimum absolute atomic E-state index is 0.0998. The molecule has 0 saturated heterocycles. The highest BCUT2D eigenvalue weighted by Gasteiger charge is 2.23. The van der Waals surface area contributed by atoms with Gasteiger partial charge in [0.05, 0.1) is 18.2 Å². The number of rotatable bonds is 2. The van der Waals surface area contributed by atoms with Gasteiger partial charge in [0.25, 0.3) is 5.82 Å². The Balaban J connectivity index is 1.91. The van der Waals surface area contributed by atoms with E-state index in [9.17, 15) is 0 Å². The average molecular weight is 275 g/mol. The molecule has 6 heteroatoms. The number of hydrogen-bond donors (Lipinski definition) is 0. The molecule has 3 rings (SSSR count). The van der Waals surface area contributed by atoms with Crippen molar-refractivity contribution < 1.29 is 9.39 Å². The van der Waals surface area contributed by atoms with Gasteiger partial charge in [0.1, 0.15) is 5.75 Å². The van der Waals surface area contributed by atoms with Crippen LogP contribution in [0.4, 0.5) is 5.82 Å². The van der Waals surface area contributed by atoms with E-state index in [1.54, 1.807) is 0 Å². The summed E-state index contributed by atoms with van der Waals surface area (Å²) in [7, 11) is 0. The number of hydrogen-bond acceptors (Lipinski definition) is 4. The Hall–Kier alpha value is -2.83. The molecule has 0 aliphatic carbocycles. The standard InChI is InChI=1S/C15H10BN3O2/c1-16-13-4-3-12(7-11(13)9-20-16)21-15-6-10(8-17)5-14(18-2)19-15/h3-7H,9H2,1H3. The van der Waals surface area contributed by atoms with Crippen molar-refractivity contribution in [3.05, 3.63) is 52.9 Å². The highest BCUT2D eigenvalue weighted by Crippen LogP contribution is 2.25. The summed E-state index contributed by atoms with van der Waals surface area (Å²) in [6.45, 7) is 9.66. The maximum atomic E-state index is 8.95. The molecular weight excluding hydrogens is 265 g/mol. The van der Waals surface area contributed by atoms with Gasteiger partial charge in [-0.15, -0.1) is 0 Å². The SMILES string of the molecule is [C-]#[N+]c1cc(C#N)cc(Oc2ccc3c(c2)COB3C)n1. The van der Waals surface area contributed by atoms with Crippen molar-refractivity contribution in [3.63, 3.8) is 0 Å². The highest BCUT2D eigenvalue weighted by atomic mass is 16.5. The van der Waals surface area contributed by atoms with E-state index in [0.29, 0.717) is 17.9 Å². The maximum Gasteiger partial charge on any atom is 0.324 e. The lowest BCUT2D eigenvalue weighted by Crippen LogP contribution is -2.23. The van der Waals surface area contributed by atoms with Gasteiger partial charge < -0.3 is 14.2 Å². The highest BCUT2D eigenvalue weighted by molar-refractivity contribution is 6.67. The topological polar surface area (TPSA) is 59.5 Å². The predicted octanol–water partition coefficient (Wildman–Crippen LogP) is 2.65. The molecule has 0 fully saturated rings. The Bertz CT molecular complexity index is 760. The van der Waals surface area contributed by atoms with Gasteiger partial charge in [-0.1, -0.05) is 24.4 Å². The minimum atomic E-state index is 0.0998. The molecular formula is C15H10BN3O2. The summed E-state index contributed by atoms with van der Waals surface area (Å²) in [6, 6.07) is 10.6. The Morgan fingerprint density at radius 3 is 3.05 bits per heavy atom. The second-order valence-electron chi connectivity index (χ2n) is 4.69. The van der Waals surface area contributed by atoms with Gasteiger partial charge in [-0.2, -0.15) is 5.26 Å². The van der Waals surface area contributed by atoms with Crippen LogP contribution in [0.25, 0.3) is 4.85 Å². The molecule has 0 saturated carbocycles. The average Bonchev–Trinajstić information content (AvgIpc) is 2.87. The van der Waals surface area contributed by atoms with Crippen LogP contribution in [0.15, 0.2) is 30.3 Å². The lowest BCUT2D eigenvalue weighted by molar-refractivity contribution is 0.333. The first-order chi connectivity index (χ1) is 10.2. The first kappa shape index (κ1) is 13.2. The van der Waals surface area contributed by atoms with Crippen molar-refractivity contribution in [2.24, 2.45) is 0 Å². The van der Waals surface area contributed by atoms with Crippen LogP contribution in [0.3, 0.4) is 0 Å². The van der Waals surface area contributed by atoms with Crippen molar-refractivity contribution in [2.45, 2.75) is 13.4 Å². The molecule has 1 aliphatic heterocycles. The molecule has 1 aromatic heterocycles. The van der Waals surface area contributed by atoms with E-state index in [4.69, 9.17) is 21.2 Å². The Morgan fingerprint density at radius 1 is 1.43 bits per heavy atom. The zero-order valence-electron chi connectivity index (χ0n) is 11.3. The Labute approximate surface area is 122 Å². The van der Waals surface area contributed by atoms with Gasteiger partial charge in [0.15, 0.2) is 0 Å². The normalized spacial score (nSPS) is 12.4. The fourth-order valence-corrected chi connectivity index (χ4v) is 2.26. The molecule has 0 spiro atoms. The lowest BCUT2D eigenvalue weighted by Gasteiger charge is -2.05. The van der Waals surface area contributed by atoms with E-state index in [1.165, 1.54) is 12.1 Å². The minimum Gasteiger partial charge on any atom is -0.427 e. The zero-order valence-corrected chi connectivity index (χ0v) is 11.3. The fourth-order valence-electron chi connectivity index (χ4n) is 2.26. The summed E-state index contributed by atoms with van der Waals surface area (Å²) < 4.78 is 11.2. The molecule has 2 heterocycles. The fraction of sp³-hybridized carbons (Fsp3) is 0.133. The van der Waals surface area contributed by atoms with Crippen LogP contribution >= 0.6 is 0 Å². The molecule has 0 radical (unpaired) electrons. The van der Waals surface area contributed by atoms with E-state index in [1.807, 2.05) is 31.1 Å². The summed E-state index contributed by atoms with van der Waals surface area (Å²) in [5, 5.41) is 8.95. The first-order valence-corrected chi connectivity index (χ1v) is 6.41. The van der Waals surface area contributed by atoms with E-state index in [2.05, 4.69) is 9.83 Å². The second-order valence-corrected chi connectivity index (χ2v) is 4.69. The summed E-state index contributed by atoms with van der Waals surface area (Å²) >= 11 is 0. The van der Waals surface area contributed by atoms with Crippen LogP contribution in [0.5, 0.6) is 11.6 Å². The van der Waals surface area contributed by atoms with Crippen LogP contribution in [-0.4, -0.2) is 11.9 Å². The Kier molecular flexibility index (Phi) is 3.31. The third-order valence-electron chi connectivity index (χ3n) is 3.30. The zero-order chi connectivity index (χ0) is 14.8. The van der Waals surface area contributed by atoms with Crippen molar-refractivity contribution in [1.82, 2.24) is 4.98 Å². The van der Waals surface area contributed by atoms with E-state index in [0.717, 1.165) is 11.0 Å². The van der Waals surface area contributed by atoms with Gasteiger partial charge in [-0.25, -0.2) is 0 Å². The number of fused-ring (bicyclic) bond motifs is 1. The third-order valence-corrected chi connectivity index (χ3v) is 3.30. The second kappa shape index (κ2) is 5.28. The molecule has 100 valence electrons. The third kappa shape index (κ3) is 2.58. The van der Waals surface area contributed by atoms with Gasteiger partial charge in [-0.3, -0.25) is 0 Å². The largest absolute Gasteiger partial charge is 0.427 e. The molecule has 1 aliphatic rings. The summed E-state index contributed by atoms with van der Waals surface area (Å²) in [6.07, 6.45) is 0. The number of benzene rings is 1. The molecule has 0 unspecified atom stereocenters. The van der Waals surface area contributed by atoms with Crippen LogP contribution in [0.1, 0.15) is 11.1 Å². The van der Waals surface area contributed by atoms with Gasteiger partial charge in [0, 0.05) is 6.07 Å². The van der Waals surface area contributed by atoms with E-state index in [-0.39, 0.29) is 18.6 Å². The number of nitrogens with zero attached hydrogens (tertiary/aromatic N) is 3. The van der Waals surface area contributed by atoms with E-state index < -0.39 is 0 Å². The molecule has 21 heavy (non-hydrogen) atoms. The van der Waals surface area contributed by atoms with Gasteiger partial charge in [0.2, 0.25) is 0 Å². The quantitative estimate of drug-likeness (QED) is 0.624. The molecule has 0 amide bonds. The predicted molar refractivity (Wildman–Crippen MR) is 77.8 cm³/mol. The van der Waals surface area contributed by atoms with Gasteiger partial charge >= 0.3 is 12.8 Å². The van der Waals surface area contributed by atoms with Crippen LogP contribution in [0, 0.1) is 17.9 Å². The van der Waals surface area contributed by atoms with Crippen molar-refractivity contribution in [2.75, 3.05) is 0 Å². The monoisotopic (exact) mass is 275 g/mol. The molecule has 0 N–H and O–H groups in total. The summed E-state index contributed by atoms with van der Waals surface area (Å²) in [5.41, 5.74) is 2.59. The first-order valence-electron chi connectivity index (χ1n) is 6.41. The van der Waals surface area contributed by atoms with Crippen molar-refractivity contribution in [1.29, 1.82) is 5.26 Å². The molecule has 5 nitrogen and oxygen atoms in total. The Morgan fingerprint density at radius 2 is 2.29 bits per heavy atom. The van der Waals surface area contributed by atoms with Crippen LogP contribution < -0.4 is 10.2 Å². The maximum absolute atomic E-state index is 8.95. The van der Waals surface area contributed by atoms with Crippen LogP contribution in [-0.2, 0) is 11.3 Å². The molecule has 2 aromatic rings.